The lowest BCUT2D eigenvalue weighted by molar-refractivity contribution is 0.636. The van der Waals surface area contributed by atoms with Gasteiger partial charge in [0.25, 0.3) is 0 Å². The molecule has 1 aromatic heterocycles. The Morgan fingerprint density at radius 1 is 1.33 bits per heavy atom. The molecule has 2 aromatic rings. The van der Waals surface area contributed by atoms with Crippen LogP contribution < -0.4 is 11.1 Å². The molecule has 0 fully saturated rings. The van der Waals surface area contributed by atoms with Crippen molar-refractivity contribution in [3.8, 4) is 0 Å². The first-order chi connectivity index (χ1) is 10.2. The highest BCUT2D eigenvalue weighted by molar-refractivity contribution is 5.78. The molecule has 0 unspecified atom stereocenters. The zero-order valence-electron chi connectivity index (χ0n) is 12.7. The maximum atomic E-state index is 5.85. The number of guanidine groups is 1. The second-order valence-corrected chi connectivity index (χ2v) is 5.21. The van der Waals surface area contributed by atoms with Crippen LogP contribution in [0.4, 0.5) is 0 Å². The van der Waals surface area contributed by atoms with Gasteiger partial charge in [-0.2, -0.15) is 0 Å². The Balaban J connectivity index is 1.89. The quantitative estimate of drug-likeness (QED) is 0.631. The molecular formula is C16H23N5. The molecule has 0 saturated carbocycles. The van der Waals surface area contributed by atoms with E-state index in [1.54, 1.807) is 6.20 Å². The minimum Gasteiger partial charge on any atom is -0.370 e. The van der Waals surface area contributed by atoms with Gasteiger partial charge in [0.05, 0.1) is 12.9 Å². The first-order valence-corrected chi connectivity index (χ1v) is 7.27. The minimum atomic E-state index is 0.353. The molecule has 0 aliphatic carbocycles. The Hall–Kier alpha value is -2.30. The summed E-state index contributed by atoms with van der Waals surface area (Å²) in [5.74, 6) is 0.506. The molecule has 0 aliphatic rings. The van der Waals surface area contributed by atoms with E-state index in [4.69, 9.17) is 5.73 Å². The van der Waals surface area contributed by atoms with Gasteiger partial charge < -0.3 is 15.6 Å². The normalized spacial score (nSPS) is 13.1. The lowest BCUT2D eigenvalue weighted by Crippen LogP contribution is -2.38. The molecular weight excluding hydrogens is 262 g/mol. The standard InChI is InChI=1S/C16H23N5/c1-3-13(2)20-16(17)19-10-14-4-6-15(7-5-14)11-21-9-8-18-12-21/h4-9,12-13H,3,10-11H2,1-2H3,(H3,17,19,20)/t13-/m1/s1. The van der Waals surface area contributed by atoms with Crippen LogP contribution >= 0.6 is 0 Å². The van der Waals surface area contributed by atoms with E-state index in [2.05, 4.69) is 53.4 Å². The highest BCUT2D eigenvalue weighted by Gasteiger charge is 1.99. The van der Waals surface area contributed by atoms with Gasteiger partial charge in [0, 0.05) is 25.0 Å². The van der Waals surface area contributed by atoms with E-state index >= 15 is 0 Å². The maximum Gasteiger partial charge on any atom is 0.189 e. The highest BCUT2D eigenvalue weighted by Crippen LogP contribution is 2.07. The molecule has 1 heterocycles. The summed E-state index contributed by atoms with van der Waals surface area (Å²) >= 11 is 0. The van der Waals surface area contributed by atoms with Gasteiger partial charge in [-0.15, -0.1) is 0 Å². The van der Waals surface area contributed by atoms with Crippen molar-refractivity contribution in [1.82, 2.24) is 14.9 Å². The van der Waals surface area contributed by atoms with Gasteiger partial charge in [0.15, 0.2) is 5.96 Å². The van der Waals surface area contributed by atoms with Crippen molar-refractivity contribution in [2.75, 3.05) is 0 Å². The van der Waals surface area contributed by atoms with Crippen LogP contribution in [0, 0.1) is 0 Å². The summed E-state index contributed by atoms with van der Waals surface area (Å²) in [6, 6.07) is 8.76. The minimum absolute atomic E-state index is 0.353. The van der Waals surface area contributed by atoms with Crippen LogP contribution in [-0.4, -0.2) is 21.6 Å². The van der Waals surface area contributed by atoms with Crippen LogP contribution in [0.1, 0.15) is 31.4 Å². The molecule has 0 radical (unpaired) electrons. The summed E-state index contributed by atoms with van der Waals surface area (Å²) in [6.07, 6.45) is 6.59. The molecule has 3 N–H and O–H groups in total. The molecule has 21 heavy (non-hydrogen) atoms. The highest BCUT2D eigenvalue weighted by atomic mass is 15.1. The van der Waals surface area contributed by atoms with Crippen molar-refractivity contribution in [1.29, 1.82) is 0 Å². The van der Waals surface area contributed by atoms with Crippen LogP contribution in [0.5, 0.6) is 0 Å². The molecule has 0 saturated heterocycles. The molecule has 2 rings (SSSR count). The Bertz CT molecular complexity index is 557. The molecule has 1 atom stereocenters. The summed E-state index contributed by atoms with van der Waals surface area (Å²) in [7, 11) is 0. The third-order valence-electron chi connectivity index (χ3n) is 3.39. The molecule has 112 valence electrons. The summed E-state index contributed by atoms with van der Waals surface area (Å²) in [5, 5.41) is 3.16. The third-order valence-corrected chi connectivity index (χ3v) is 3.39. The van der Waals surface area contributed by atoms with Gasteiger partial charge >= 0.3 is 0 Å². The summed E-state index contributed by atoms with van der Waals surface area (Å²) in [4.78, 5) is 8.40. The monoisotopic (exact) mass is 285 g/mol. The van der Waals surface area contributed by atoms with E-state index in [1.165, 1.54) is 5.56 Å². The van der Waals surface area contributed by atoms with E-state index in [-0.39, 0.29) is 0 Å². The van der Waals surface area contributed by atoms with E-state index in [0.29, 0.717) is 18.5 Å². The van der Waals surface area contributed by atoms with Crippen LogP contribution in [-0.2, 0) is 13.1 Å². The fourth-order valence-electron chi connectivity index (χ4n) is 1.92. The number of aromatic nitrogens is 2. The molecule has 0 amide bonds. The smallest absolute Gasteiger partial charge is 0.189 e. The number of nitrogens with zero attached hydrogens (tertiary/aromatic N) is 3. The van der Waals surface area contributed by atoms with E-state index in [1.807, 2.05) is 17.1 Å². The van der Waals surface area contributed by atoms with Gasteiger partial charge in [0.2, 0.25) is 0 Å². The van der Waals surface area contributed by atoms with Crippen LogP contribution in [0.2, 0.25) is 0 Å². The molecule has 5 heteroatoms. The number of imidazole rings is 1. The summed E-state index contributed by atoms with van der Waals surface area (Å²) < 4.78 is 2.04. The maximum absolute atomic E-state index is 5.85. The zero-order chi connectivity index (χ0) is 15.1. The number of benzene rings is 1. The van der Waals surface area contributed by atoms with Gasteiger partial charge in [-0.1, -0.05) is 31.2 Å². The van der Waals surface area contributed by atoms with Gasteiger partial charge in [-0.3, -0.25) is 0 Å². The van der Waals surface area contributed by atoms with Gasteiger partial charge in [-0.25, -0.2) is 9.98 Å². The van der Waals surface area contributed by atoms with E-state index in [9.17, 15) is 0 Å². The first-order valence-electron chi connectivity index (χ1n) is 7.27. The largest absolute Gasteiger partial charge is 0.370 e. The molecule has 0 aliphatic heterocycles. The molecule has 0 bridgehead atoms. The van der Waals surface area contributed by atoms with Crippen LogP contribution in [0.3, 0.4) is 0 Å². The third kappa shape index (κ3) is 4.95. The number of rotatable bonds is 6. The Morgan fingerprint density at radius 2 is 2.05 bits per heavy atom. The topological polar surface area (TPSA) is 68.2 Å². The molecule has 5 nitrogen and oxygen atoms in total. The number of nitrogens with one attached hydrogen (secondary N) is 1. The van der Waals surface area contributed by atoms with Gasteiger partial charge in [-0.05, 0) is 24.5 Å². The van der Waals surface area contributed by atoms with Crippen LogP contribution in [0.25, 0.3) is 0 Å². The van der Waals surface area contributed by atoms with Crippen molar-refractivity contribution in [2.24, 2.45) is 10.7 Å². The predicted molar refractivity (Wildman–Crippen MR) is 86.0 cm³/mol. The van der Waals surface area contributed by atoms with Crippen molar-refractivity contribution < 1.29 is 0 Å². The van der Waals surface area contributed by atoms with Crippen molar-refractivity contribution >= 4 is 5.96 Å². The predicted octanol–water partition coefficient (Wildman–Crippen LogP) is 2.13. The van der Waals surface area contributed by atoms with Crippen LogP contribution in [0.15, 0.2) is 48.0 Å². The Labute approximate surface area is 125 Å². The SMILES string of the molecule is CC[C@@H](C)NC(N)=NCc1ccc(Cn2ccnc2)cc1. The Morgan fingerprint density at radius 3 is 2.67 bits per heavy atom. The average molecular weight is 285 g/mol. The number of nitrogens with two attached hydrogens (primary N) is 1. The molecule has 0 spiro atoms. The lowest BCUT2D eigenvalue weighted by Gasteiger charge is -2.11. The fourth-order valence-corrected chi connectivity index (χ4v) is 1.92. The number of hydrogen-bond donors (Lipinski definition) is 2. The van der Waals surface area contributed by atoms with Crippen molar-refractivity contribution in [2.45, 2.75) is 39.4 Å². The Kier molecular flexibility index (Phi) is 5.37. The summed E-state index contributed by atoms with van der Waals surface area (Å²) in [5.41, 5.74) is 8.24. The number of hydrogen-bond acceptors (Lipinski definition) is 2. The fraction of sp³-hybridized carbons (Fsp3) is 0.375. The lowest BCUT2D eigenvalue weighted by atomic mass is 10.1. The second kappa shape index (κ2) is 7.47. The first kappa shape index (κ1) is 15.1. The summed E-state index contributed by atoms with van der Waals surface area (Å²) in [6.45, 7) is 5.64. The zero-order valence-corrected chi connectivity index (χ0v) is 12.7. The van der Waals surface area contributed by atoms with Crippen molar-refractivity contribution in [3.63, 3.8) is 0 Å². The second-order valence-electron chi connectivity index (χ2n) is 5.21. The van der Waals surface area contributed by atoms with E-state index < -0.39 is 0 Å². The number of aliphatic imine (C=N–C) groups is 1. The van der Waals surface area contributed by atoms with Crippen molar-refractivity contribution in [3.05, 3.63) is 54.1 Å². The van der Waals surface area contributed by atoms with Gasteiger partial charge in [0.1, 0.15) is 0 Å². The molecule has 1 aromatic carbocycles. The average Bonchev–Trinajstić information content (AvgIpc) is 2.99. The van der Waals surface area contributed by atoms with E-state index in [0.717, 1.165) is 18.5 Å².